The number of phenolic OH excluding ortho intramolecular Hbond substituents is 2. The van der Waals surface area contributed by atoms with Crippen LogP contribution >= 0.6 is 0 Å². The molecule has 0 bridgehead atoms. The second kappa shape index (κ2) is 23.2. The van der Waals surface area contributed by atoms with Gasteiger partial charge < -0.3 is 49.2 Å². The molecule has 1 unspecified atom stereocenters. The quantitative estimate of drug-likeness (QED) is 0.0727. The molecule has 1 heterocycles. The SMILES string of the molecule is C/C=C/c1c(C)cc2c(CO)c3c(c(O)c2c1C)C(=O)CC[C@@H]3OCc1ccc(OC)cc1.COc1ccc(CO[C@H]2CCC(=O)c3c2c(CO)c2cc(C)c(C=O)c(C)c2c3O)cc1.OC1CCCO1. The lowest BCUT2D eigenvalue weighted by Gasteiger charge is -2.30. The first kappa shape index (κ1) is 52.4. The van der Waals surface area contributed by atoms with Gasteiger partial charge in [0.2, 0.25) is 0 Å². The van der Waals surface area contributed by atoms with Crippen LogP contribution in [-0.2, 0) is 40.6 Å². The number of aldehydes is 1. The standard InChI is InChI=1S/C28H30O5.C26H26O6.C4H8O2/c1-5-6-20-16(2)13-21-22(14-29)26-24(33-15-18-7-9-19(32-4)10-8-18)12-11-23(30)27(26)28(31)25(21)17(20)3;1-14-10-18-20(12-28)24-22(32-13-16-4-6-17(31-3)7-5-16)9-8-21(29)25(24)26(30)23(18)15(2)19(14)11-27;5-4-2-1-3-6-4/h5-10,13,24,29,31H,11-12,14-15H2,1-4H3;4-7,10-11,22,28,30H,8-9,12-13H2,1-3H3;4-5H,1-3H2/b6-5+;;/t24-;22-;/m00./s1. The summed E-state index contributed by atoms with van der Waals surface area (Å²) < 4.78 is 27.6. The Hall–Kier alpha value is -6.45. The summed E-state index contributed by atoms with van der Waals surface area (Å²) in [5.41, 5.74) is 9.56. The number of aliphatic hydroxyl groups excluding tert-OH is 3. The Morgan fingerprint density at radius 1 is 0.662 bits per heavy atom. The van der Waals surface area contributed by atoms with Crippen LogP contribution in [0.3, 0.4) is 0 Å². The molecule has 1 aliphatic heterocycles. The molecule has 13 nitrogen and oxygen atoms in total. The number of ketones is 2. The molecule has 71 heavy (non-hydrogen) atoms. The van der Waals surface area contributed by atoms with E-state index in [-0.39, 0.29) is 60.2 Å². The molecule has 3 aliphatic rings. The fraction of sp³-hybridized carbons (Fsp3) is 0.362. The Balaban J connectivity index is 0.000000186. The van der Waals surface area contributed by atoms with Crippen LogP contribution in [0.25, 0.3) is 27.6 Å². The molecule has 3 atom stereocenters. The predicted molar refractivity (Wildman–Crippen MR) is 271 cm³/mol. The highest BCUT2D eigenvalue weighted by atomic mass is 16.6. The molecule has 0 radical (unpaired) electrons. The van der Waals surface area contributed by atoms with Crippen molar-refractivity contribution in [3.8, 4) is 23.0 Å². The van der Waals surface area contributed by atoms with Crippen LogP contribution in [0.2, 0.25) is 0 Å². The number of hydrogen-bond donors (Lipinski definition) is 5. The molecule has 5 N–H and O–H groups in total. The molecular weight excluding hydrogens is 905 g/mol. The van der Waals surface area contributed by atoms with Crippen LogP contribution < -0.4 is 9.47 Å². The Morgan fingerprint density at radius 3 is 1.45 bits per heavy atom. The number of phenols is 2. The molecule has 9 rings (SSSR count). The summed E-state index contributed by atoms with van der Waals surface area (Å²) in [6, 6.07) is 18.9. The first-order chi connectivity index (χ1) is 34.2. The van der Waals surface area contributed by atoms with Gasteiger partial charge >= 0.3 is 0 Å². The molecule has 1 fully saturated rings. The van der Waals surface area contributed by atoms with Gasteiger partial charge in [-0.05, 0) is 139 Å². The van der Waals surface area contributed by atoms with Gasteiger partial charge in [0.25, 0.3) is 0 Å². The average Bonchev–Trinajstić information content (AvgIpc) is 3.86. The lowest BCUT2D eigenvalue weighted by Crippen LogP contribution is -2.21. The molecule has 1 saturated heterocycles. The lowest BCUT2D eigenvalue weighted by atomic mass is 9.80. The molecule has 0 amide bonds. The van der Waals surface area contributed by atoms with Crippen molar-refractivity contribution in [2.75, 3.05) is 20.8 Å². The van der Waals surface area contributed by atoms with E-state index in [9.17, 15) is 34.8 Å². The molecular formula is C58H64O13. The number of ether oxygens (including phenoxy) is 5. The minimum Gasteiger partial charge on any atom is -0.507 e. The van der Waals surface area contributed by atoms with Crippen LogP contribution in [0, 0.1) is 27.7 Å². The van der Waals surface area contributed by atoms with E-state index in [4.69, 9.17) is 28.8 Å². The zero-order valence-electron chi connectivity index (χ0n) is 41.5. The maximum atomic E-state index is 13.0. The van der Waals surface area contributed by atoms with Gasteiger partial charge in [-0.2, -0.15) is 0 Å². The molecule has 0 spiro atoms. The number of hydrogen-bond acceptors (Lipinski definition) is 13. The van der Waals surface area contributed by atoms with Crippen LogP contribution in [0.15, 0.2) is 66.7 Å². The second-order valence-corrected chi connectivity index (χ2v) is 18.2. The molecule has 6 aromatic rings. The zero-order chi connectivity index (χ0) is 51.1. The van der Waals surface area contributed by atoms with Crippen molar-refractivity contribution < 1.29 is 63.6 Å². The number of rotatable bonds is 12. The number of Topliss-reactive ketones (excluding diaryl/α,β-unsaturated/α-hetero) is 2. The third-order valence-electron chi connectivity index (χ3n) is 13.8. The summed E-state index contributed by atoms with van der Waals surface area (Å²) >= 11 is 0. The Kier molecular flexibility index (Phi) is 17.1. The molecule has 0 aromatic heterocycles. The third kappa shape index (κ3) is 10.8. The lowest BCUT2D eigenvalue weighted by molar-refractivity contribution is -0.0589. The van der Waals surface area contributed by atoms with E-state index < -0.39 is 18.5 Å². The Labute approximate surface area is 414 Å². The van der Waals surface area contributed by atoms with Gasteiger partial charge in [0.15, 0.2) is 24.1 Å². The van der Waals surface area contributed by atoms with Crippen LogP contribution in [0.4, 0.5) is 0 Å². The van der Waals surface area contributed by atoms with Gasteiger partial charge in [-0.1, -0.05) is 48.6 Å². The number of carbonyl (C=O) groups excluding carboxylic acids is 3. The summed E-state index contributed by atoms with van der Waals surface area (Å²) in [5, 5.41) is 54.2. The number of allylic oxidation sites excluding steroid dienone is 1. The summed E-state index contributed by atoms with van der Waals surface area (Å²) in [7, 11) is 3.23. The average molecular weight is 969 g/mol. The summed E-state index contributed by atoms with van der Waals surface area (Å²) in [6.07, 6.45) is 6.74. The van der Waals surface area contributed by atoms with Gasteiger partial charge in [-0.25, -0.2) is 0 Å². The van der Waals surface area contributed by atoms with Gasteiger partial charge in [0, 0.05) is 53.3 Å². The molecule has 2 aliphatic carbocycles. The highest BCUT2D eigenvalue weighted by Crippen LogP contribution is 2.48. The minimum absolute atomic E-state index is 0.0109. The molecule has 6 aromatic carbocycles. The Bertz CT molecular complexity index is 2960. The van der Waals surface area contributed by atoms with E-state index in [1.807, 2.05) is 94.4 Å². The van der Waals surface area contributed by atoms with Gasteiger partial charge in [-0.15, -0.1) is 0 Å². The summed E-state index contributed by atoms with van der Waals surface area (Å²) in [5.74, 6) is 1.07. The molecule has 0 saturated carbocycles. The molecule has 13 heteroatoms. The maximum absolute atomic E-state index is 13.0. The first-order valence-electron chi connectivity index (χ1n) is 24.0. The number of aryl methyl sites for hydroxylation is 4. The van der Waals surface area contributed by atoms with E-state index >= 15 is 0 Å². The topological polar surface area (TPSA) is 199 Å². The largest absolute Gasteiger partial charge is 0.507 e. The summed E-state index contributed by atoms with van der Waals surface area (Å²) in [4.78, 5) is 37.4. The van der Waals surface area contributed by atoms with Crippen molar-refractivity contribution >= 4 is 45.5 Å². The predicted octanol–water partition coefficient (Wildman–Crippen LogP) is 10.8. The van der Waals surface area contributed by atoms with E-state index in [1.54, 1.807) is 27.2 Å². The Morgan fingerprint density at radius 2 is 1.10 bits per heavy atom. The van der Waals surface area contributed by atoms with Crippen LogP contribution in [0.5, 0.6) is 23.0 Å². The highest BCUT2D eigenvalue weighted by Gasteiger charge is 2.36. The fourth-order valence-electron chi connectivity index (χ4n) is 10.2. The van der Waals surface area contributed by atoms with Gasteiger partial charge in [-0.3, -0.25) is 14.4 Å². The van der Waals surface area contributed by atoms with Crippen LogP contribution in [0.1, 0.15) is 150 Å². The highest BCUT2D eigenvalue weighted by molar-refractivity contribution is 6.11. The van der Waals surface area contributed by atoms with Crippen LogP contribution in [-0.4, -0.2) is 70.5 Å². The van der Waals surface area contributed by atoms with E-state index in [2.05, 4.69) is 0 Å². The van der Waals surface area contributed by atoms with Crippen molar-refractivity contribution in [1.82, 2.24) is 0 Å². The van der Waals surface area contributed by atoms with Crippen molar-refractivity contribution in [2.24, 2.45) is 0 Å². The zero-order valence-corrected chi connectivity index (χ0v) is 41.5. The van der Waals surface area contributed by atoms with E-state index in [0.717, 1.165) is 76.0 Å². The maximum Gasteiger partial charge on any atom is 0.167 e. The van der Waals surface area contributed by atoms with Crippen molar-refractivity contribution in [3.63, 3.8) is 0 Å². The van der Waals surface area contributed by atoms with Crippen molar-refractivity contribution in [1.29, 1.82) is 0 Å². The number of fused-ring (bicyclic) bond motifs is 4. The number of carbonyl (C=O) groups is 3. The number of benzene rings is 6. The van der Waals surface area contributed by atoms with E-state index in [1.165, 1.54) is 0 Å². The monoisotopic (exact) mass is 968 g/mol. The summed E-state index contributed by atoms with van der Waals surface area (Å²) in [6.45, 7) is 10.3. The van der Waals surface area contributed by atoms with Crippen molar-refractivity contribution in [3.05, 3.63) is 145 Å². The normalized spacial score (nSPS) is 17.4. The minimum atomic E-state index is -0.454. The fourth-order valence-corrected chi connectivity index (χ4v) is 10.2. The number of methoxy groups -OCH3 is 2. The van der Waals surface area contributed by atoms with Crippen molar-refractivity contribution in [2.45, 2.75) is 118 Å². The third-order valence-corrected chi connectivity index (χ3v) is 13.8. The second-order valence-electron chi connectivity index (χ2n) is 18.2. The van der Waals surface area contributed by atoms with E-state index in [0.29, 0.717) is 75.6 Å². The number of aromatic hydroxyl groups is 2. The molecule has 374 valence electrons. The number of aliphatic hydroxyl groups is 3. The van der Waals surface area contributed by atoms with Gasteiger partial charge in [0.1, 0.15) is 23.0 Å². The smallest absolute Gasteiger partial charge is 0.167 e. The van der Waals surface area contributed by atoms with Gasteiger partial charge in [0.05, 0.1) is 64.0 Å². The first-order valence-corrected chi connectivity index (χ1v) is 24.0.